The molecule has 3 unspecified atom stereocenters. The highest BCUT2D eigenvalue weighted by Crippen LogP contribution is 2.58. The van der Waals surface area contributed by atoms with Crippen LogP contribution in [0.1, 0.15) is 43.8 Å². The minimum absolute atomic E-state index is 0.283. The molecule has 3 heteroatoms. The molecule has 1 aliphatic heterocycles. The predicted molar refractivity (Wildman–Crippen MR) is 85.0 cm³/mol. The van der Waals surface area contributed by atoms with Gasteiger partial charge in [0.05, 0.1) is 6.10 Å². The van der Waals surface area contributed by atoms with Crippen LogP contribution in [0.25, 0.3) is 0 Å². The largest absolute Gasteiger partial charge is 0.388 e. The van der Waals surface area contributed by atoms with Gasteiger partial charge >= 0.3 is 0 Å². The molecule has 3 fully saturated rings. The van der Waals surface area contributed by atoms with Gasteiger partial charge in [-0.15, -0.1) is 0 Å². The van der Waals surface area contributed by atoms with Crippen LogP contribution in [0, 0.1) is 23.7 Å². The normalized spacial score (nSPS) is 32.6. The second-order valence-corrected chi connectivity index (χ2v) is 7.30. The van der Waals surface area contributed by atoms with Crippen LogP contribution in [0.15, 0.2) is 30.3 Å². The number of fused-ring (bicyclic) bond motifs is 1. The van der Waals surface area contributed by atoms with Crippen molar-refractivity contribution in [3.05, 3.63) is 35.9 Å². The van der Waals surface area contributed by atoms with Crippen molar-refractivity contribution in [2.75, 3.05) is 13.1 Å². The number of aliphatic hydroxyl groups excluding tert-OH is 1. The number of hydrogen-bond donors (Lipinski definition) is 1. The van der Waals surface area contributed by atoms with Crippen LogP contribution in [0.2, 0.25) is 0 Å². The number of carbonyl (C=O) groups excluding carboxylic acids is 1. The van der Waals surface area contributed by atoms with Crippen molar-refractivity contribution in [3.63, 3.8) is 0 Å². The van der Waals surface area contributed by atoms with Gasteiger partial charge in [0.15, 0.2) is 0 Å². The van der Waals surface area contributed by atoms with E-state index < -0.39 is 6.10 Å². The maximum absolute atomic E-state index is 12.6. The van der Waals surface area contributed by atoms with E-state index in [2.05, 4.69) is 4.90 Å². The summed E-state index contributed by atoms with van der Waals surface area (Å²) in [6.07, 6.45) is 5.31. The maximum atomic E-state index is 12.6. The topological polar surface area (TPSA) is 40.5 Å². The molecule has 1 aromatic rings. The number of aliphatic hydroxyl groups is 1. The third-order valence-electron chi connectivity index (χ3n) is 6.13. The zero-order valence-electron chi connectivity index (χ0n) is 13.0. The summed E-state index contributed by atoms with van der Waals surface area (Å²) >= 11 is 0. The highest BCUT2D eigenvalue weighted by Gasteiger charge is 2.57. The summed E-state index contributed by atoms with van der Waals surface area (Å²) < 4.78 is 0. The summed E-state index contributed by atoms with van der Waals surface area (Å²) in [4.78, 5) is 14.7. The molecule has 1 aromatic carbocycles. The lowest BCUT2D eigenvalue weighted by Gasteiger charge is -2.34. The van der Waals surface area contributed by atoms with Gasteiger partial charge in [-0.3, -0.25) is 4.79 Å². The van der Waals surface area contributed by atoms with E-state index >= 15 is 0 Å². The Kier molecular flexibility index (Phi) is 3.69. The fourth-order valence-corrected chi connectivity index (χ4v) is 4.76. The molecular formula is C19H25NO2. The summed E-state index contributed by atoms with van der Waals surface area (Å²) in [6, 6.07) is 9.91. The predicted octanol–water partition coefficient (Wildman–Crippen LogP) is 3.00. The van der Waals surface area contributed by atoms with Gasteiger partial charge in [0.25, 0.3) is 0 Å². The zero-order chi connectivity index (χ0) is 15.1. The van der Waals surface area contributed by atoms with E-state index in [4.69, 9.17) is 0 Å². The van der Waals surface area contributed by atoms with Crippen molar-refractivity contribution in [1.29, 1.82) is 0 Å². The molecule has 1 heterocycles. The molecule has 2 saturated carbocycles. The first-order valence-electron chi connectivity index (χ1n) is 8.77. The Bertz CT molecular complexity index is 526. The fourth-order valence-electron chi connectivity index (χ4n) is 4.76. The van der Waals surface area contributed by atoms with Gasteiger partial charge in [0, 0.05) is 19.0 Å². The molecule has 1 amide bonds. The van der Waals surface area contributed by atoms with Crippen molar-refractivity contribution in [3.8, 4) is 0 Å². The molecule has 0 bridgehead atoms. The quantitative estimate of drug-likeness (QED) is 0.932. The Labute approximate surface area is 132 Å². The van der Waals surface area contributed by atoms with Crippen molar-refractivity contribution < 1.29 is 9.90 Å². The summed E-state index contributed by atoms with van der Waals surface area (Å²) in [5.41, 5.74) is 1.00. The Morgan fingerprint density at radius 2 is 1.68 bits per heavy atom. The second kappa shape index (κ2) is 5.69. The van der Waals surface area contributed by atoms with E-state index in [1.807, 2.05) is 30.3 Å². The lowest BCUT2D eigenvalue weighted by Crippen LogP contribution is -2.41. The summed E-state index contributed by atoms with van der Waals surface area (Å²) in [5, 5.41) is 10.5. The molecule has 3 atom stereocenters. The van der Waals surface area contributed by atoms with Crippen molar-refractivity contribution in [2.45, 2.75) is 38.2 Å². The summed E-state index contributed by atoms with van der Waals surface area (Å²) in [7, 11) is 0. The Morgan fingerprint density at radius 3 is 2.32 bits per heavy atom. The molecule has 3 aliphatic rings. The van der Waals surface area contributed by atoms with E-state index in [-0.39, 0.29) is 5.92 Å². The van der Waals surface area contributed by atoms with E-state index in [9.17, 15) is 9.90 Å². The van der Waals surface area contributed by atoms with Crippen LogP contribution in [-0.2, 0) is 4.79 Å². The highest BCUT2D eigenvalue weighted by molar-refractivity contribution is 5.82. The minimum atomic E-state index is -0.390. The number of hydrogen-bond acceptors (Lipinski definition) is 2. The average Bonchev–Trinajstić information content (AvgIpc) is 3.06. The molecule has 3 nitrogen and oxygen atoms in total. The molecule has 0 spiro atoms. The van der Waals surface area contributed by atoms with Crippen LogP contribution in [0.4, 0.5) is 0 Å². The number of nitrogens with zero attached hydrogens (tertiary/aromatic N) is 1. The average molecular weight is 299 g/mol. The Morgan fingerprint density at radius 1 is 1.05 bits per heavy atom. The van der Waals surface area contributed by atoms with Crippen molar-refractivity contribution in [1.82, 2.24) is 4.90 Å². The third kappa shape index (κ3) is 2.45. The standard InChI is InChI=1S/C19H25NO2/c21-18(13-5-2-1-3-6-13)14-9-11-20(12-10-14)19(22)17-15-7-4-8-16(15)17/h1-3,5-6,14-18,21H,4,7-12H2. The lowest BCUT2D eigenvalue weighted by atomic mass is 9.87. The van der Waals surface area contributed by atoms with Crippen molar-refractivity contribution in [2.24, 2.45) is 23.7 Å². The second-order valence-electron chi connectivity index (χ2n) is 7.30. The first kappa shape index (κ1) is 14.3. The maximum Gasteiger partial charge on any atom is 0.226 e. The van der Waals surface area contributed by atoms with Gasteiger partial charge in [0.2, 0.25) is 5.91 Å². The zero-order valence-corrected chi connectivity index (χ0v) is 13.0. The monoisotopic (exact) mass is 299 g/mol. The SMILES string of the molecule is O=C(C1C2CCCC21)N1CCC(C(O)c2ccccc2)CC1. The van der Waals surface area contributed by atoms with Gasteiger partial charge in [-0.1, -0.05) is 36.8 Å². The van der Waals surface area contributed by atoms with E-state index in [1.54, 1.807) is 0 Å². The van der Waals surface area contributed by atoms with Crippen LogP contribution < -0.4 is 0 Å². The third-order valence-corrected chi connectivity index (χ3v) is 6.13. The Balaban J connectivity index is 1.32. The van der Waals surface area contributed by atoms with Gasteiger partial charge in [-0.2, -0.15) is 0 Å². The number of likely N-dealkylation sites (tertiary alicyclic amines) is 1. The highest BCUT2D eigenvalue weighted by atomic mass is 16.3. The van der Waals surface area contributed by atoms with Crippen LogP contribution in [0.5, 0.6) is 0 Å². The smallest absolute Gasteiger partial charge is 0.226 e. The molecule has 0 aromatic heterocycles. The number of amides is 1. The Hall–Kier alpha value is -1.35. The number of rotatable bonds is 3. The van der Waals surface area contributed by atoms with E-state index in [1.165, 1.54) is 19.3 Å². The van der Waals surface area contributed by atoms with Crippen LogP contribution >= 0.6 is 0 Å². The molecule has 0 radical (unpaired) electrons. The summed E-state index contributed by atoms with van der Waals surface area (Å²) in [5.74, 6) is 2.46. The van der Waals surface area contributed by atoms with Crippen LogP contribution in [-0.4, -0.2) is 29.0 Å². The first-order valence-corrected chi connectivity index (χ1v) is 8.77. The molecule has 22 heavy (non-hydrogen) atoms. The van der Waals surface area contributed by atoms with Crippen molar-refractivity contribution >= 4 is 5.91 Å². The van der Waals surface area contributed by atoms with Gasteiger partial charge in [-0.05, 0) is 49.0 Å². The molecule has 1 N–H and O–H groups in total. The van der Waals surface area contributed by atoms with E-state index in [0.717, 1.165) is 31.5 Å². The van der Waals surface area contributed by atoms with E-state index in [0.29, 0.717) is 23.7 Å². The van der Waals surface area contributed by atoms with Gasteiger partial charge in [-0.25, -0.2) is 0 Å². The molecule has 1 saturated heterocycles. The molecule has 2 aliphatic carbocycles. The van der Waals surface area contributed by atoms with Crippen LogP contribution in [0.3, 0.4) is 0 Å². The molecular weight excluding hydrogens is 274 g/mol. The van der Waals surface area contributed by atoms with Gasteiger partial charge < -0.3 is 10.0 Å². The fraction of sp³-hybridized carbons (Fsp3) is 0.632. The number of benzene rings is 1. The van der Waals surface area contributed by atoms with Gasteiger partial charge in [0.1, 0.15) is 0 Å². The minimum Gasteiger partial charge on any atom is -0.388 e. The number of piperidine rings is 1. The first-order chi connectivity index (χ1) is 10.8. The molecule has 4 rings (SSSR count). The lowest BCUT2D eigenvalue weighted by molar-refractivity contribution is -0.135. The number of carbonyl (C=O) groups is 1. The molecule has 118 valence electrons. The summed E-state index contributed by atoms with van der Waals surface area (Å²) in [6.45, 7) is 1.65.